The van der Waals surface area contributed by atoms with Crippen molar-refractivity contribution in [3.8, 4) is 0 Å². The van der Waals surface area contributed by atoms with Crippen LogP contribution in [0.5, 0.6) is 0 Å². The van der Waals surface area contributed by atoms with Crippen molar-refractivity contribution in [3.05, 3.63) is 196 Å². The number of para-hydroxylation sites is 3. The highest BCUT2D eigenvalue weighted by atomic mass is 15.2. The molecule has 0 radical (unpaired) electrons. The lowest BCUT2D eigenvalue weighted by atomic mass is 9.81. The molecular weight excluding hydrogens is 677 g/mol. The van der Waals surface area contributed by atoms with Gasteiger partial charge in [-0.25, -0.2) is 0 Å². The molecule has 6 aromatic rings. The van der Waals surface area contributed by atoms with Crippen LogP contribution in [0.4, 0.5) is 28.4 Å². The molecule has 5 aliphatic rings. The van der Waals surface area contributed by atoms with Gasteiger partial charge in [-0.3, -0.25) is 0 Å². The van der Waals surface area contributed by atoms with E-state index in [2.05, 4.69) is 169 Å². The number of benzene rings is 6. The predicted molar refractivity (Wildman–Crippen MR) is 239 cm³/mol. The fourth-order valence-electron chi connectivity index (χ4n) is 10.1. The SMILES string of the molecule is CC1=CC=C(c2c3ccc(N4c5ccccc5Cc5ccccc54)cc3c(C3=CC=C(C)CC3)c3ccc(N4C5=C(C=CCC5)Cc5ccccc54)cc23)CC1. The molecule has 0 unspecified atom stereocenters. The second-order valence-corrected chi connectivity index (χ2v) is 16.4. The molecule has 0 N–H and O–H groups in total. The van der Waals surface area contributed by atoms with Crippen LogP contribution in [0.25, 0.3) is 32.7 Å². The van der Waals surface area contributed by atoms with Gasteiger partial charge in [0.2, 0.25) is 0 Å². The van der Waals surface area contributed by atoms with Crippen LogP contribution in [0, 0.1) is 0 Å². The van der Waals surface area contributed by atoms with E-state index in [9.17, 15) is 0 Å². The molecular formula is C54H46N2. The Hall–Kier alpha value is -6.12. The van der Waals surface area contributed by atoms with Gasteiger partial charge in [0.25, 0.3) is 0 Å². The highest BCUT2D eigenvalue weighted by Gasteiger charge is 2.29. The first-order chi connectivity index (χ1) is 27.6. The van der Waals surface area contributed by atoms with Crippen LogP contribution in [-0.2, 0) is 12.8 Å². The molecule has 3 aliphatic carbocycles. The summed E-state index contributed by atoms with van der Waals surface area (Å²) in [7, 11) is 0. The Kier molecular flexibility index (Phi) is 7.88. The maximum Gasteiger partial charge on any atom is 0.0497 e. The number of allylic oxidation sites excluding steroid dienone is 12. The van der Waals surface area contributed by atoms with Gasteiger partial charge in [0.15, 0.2) is 0 Å². The van der Waals surface area contributed by atoms with Crippen LogP contribution in [0.15, 0.2) is 168 Å². The predicted octanol–water partition coefficient (Wildman–Crippen LogP) is 14.9. The fourth-order valence-corrected chi connectivity index (χ4v) is 10.1. The van der Waals surface area contributed by atoms with Gasteiger partial charge in [0, 0.05) is 47.0 Å². The van der Waals surface area contributed by atoms with Gasteiger partial charge < -0.3 is 9.80 Å². The first-order valence-electron chi connectivity index (χ1n) is 20.6. The van der Waals surface area contributed by atoms with E-state index in [4.69, 9.17) is 0 Å². The summed E-state index contributed by atoms with van der Waals surface area (Å²) in [5, 5.41) is 5.39. The Morgan fingerprint density at radius 3 is 1.48 bits per heavy atom. The molecule has 2 heteroatoms. The van der Waals surface area contributed by atoms with Crippen LogP contribution in [0.3, 0.4) is 0 Å². The van der Waals surface area contributed by atoms with Crippen LogP contribution in [-0.4, -0.2) is 0 Å². The third-order valence-corrected chi connectivity index (χ3v) is 12.9. The van der Waals surface area contributed by atoms with E-state index < -0.39 is 0 Å². The molecule has 0 saturated carbocycles. The Labute approximate surface area is 330 Å². The largest absolute Gasteiger partial charge is 0.314 e. The van der Waals surface area contributed by atoms with E-state index in [1.165, 1.54) is 111 Å². The second kappa shape index (κ2) is 13.3. The van der Waals surface area contributed by atoms with Crippen molar-refractivity contribution >= 4 is 61.1 Å². The molecule has 0 spiro atoms. The third-order valence-electron chi connectivity index (χ3n) is 12.9. The highest BCUT2D eigenvalue weighted by Crippen LogP contribution is 2.50. The molecule has 0 saturated heterocycles. The average molecular weight is 723 g/mol. The van der Waals surface area contributed by atoms with E-state index in [1.54, 1.807) is 0 Å². The molecule has 2 aliphatic heterocycles. The number of hydrogen-bond donors (Lipinski definition) is 0. The highest BCUT2D eigenvalue weighted by molar-refractivity contribution is 6.18. The molecule has 2 nitrogen and oxygen atoms in total. The van der Waals surface area contributed by atoms with Crippen molar-refractivity contribution < 1.29 is 0 Å². The molecule has 2 heterocycles. The van der Waals surface area contributed by atoms with Crippen molar-refractivity contribution in [3.63, 3.8) is 0 Å². The zero-order chi connectivity index (χ0) is 37.3. The van der Waals surface area contributed by atoms with Crippen molar-refractivity contribution in [1.82, 2.24) is 0 Å². The van der Waals surface area contributed by atoms with Crippen LogP contribution in [0.2, 0.25) is 0 Å². The van der Waals surface area contributed by atoms with Gasteiger partial charge in [-0.2, -0.15) is 0 Å². The number of nitrogens with zero attached hydrogens (tertiary/aromatic N) is 2. The van der Waals surface area contributed by atoms with Gasteiger partial charge in [-0.1, -0.05) is 114 Å². The normalized spacial score (nSPS) is 17.5. The Bertz CT molecular complexity index is 2790. The van der Waals surface area contributed by atoms with E-state index in [1.807, 2.05) is 0 Å². The van der Waals surface area contributed by atoms with Crippen molar-refractivity contribution in [2.24, 2.45) is 0 Å². The zero-order valence-electron chi connectivity index (χ0n) is 32.4. The van der Waals surface area contributed by atoms with Crippen molar-refractivity contribution in [2.75, 3.05) is 9.80 Å². The van der Waals surface area contributed by atoms with Crippen LogP contribution in [0.1, 0.15) is 80.2 Å². The van der Waals surface area contributed by atoms with Crippen molar-refractivity contribution in [1.29, 1.82) is 0 Å². The maximum atomic E-state index is 2.59. The number of hydrogen-bond acceptors (Lipinski definition) is 2. The molecule has 0 atom stereocenters. The lowest BCUT2D eigenvalue weighted by Gasteiger charge is -2.37. The Balaban J connectivity index is 1.21. The average Bonchev–Trinajstić information content (AvgIpc) is 3.24. The Morgan fingerprint density at radius 1 is 0.446 bits per heavy atom. The van der Waals surface area contributed by atoms with Gasteiger partial charge in [-0.15, -0.1) is 0 Å². The van der Waals surface area contributed by atoms with E-state index in [-0.39, 0.29) is 0 Å². The van der Waals surface area contributed by atoms with Gasteiger partial charge in [-0.05, 0) is 161 Å². The lowest BCUT2D eigenvalue weighted by Crippen LogP contribution is -2.25. The van der Waals surface area contributed by atoms with E-state index in [0.29, 0.717) is 0 Å². The minimum Gasteiger partial charge on any atom is -0.314 e. The van der Waals surface area contributed by atoms with Gasteiger partial charge in [0.1, 0.15) is 0 Å². The summed E-state index contributed by atoms with van der Waals surface area (Å²) in [5.74, 6) is 0. The first kappa shape index (κ1) is 33.2. The molecule has 56 heavy (non-hydrogen) atoms. The minimum atomic E-state index is 0.953. The summed E-state index contributed by atoms with van der Waals surface area (Å²) >= 11 is 0. The lowest BCUT2D eigenvalue weighted by molar-refractivity contribution is 0.859. The summed E-state index contributed by atoms with van der Waals surface area (Å²) in [5.41, 5.74) is 21.9. The second-order valence-electron chi connectivity index (χ2n) is 16.4. The van der Waals surface area contributed by atoms with E-state index in [0.717, 1.165) is 51.4 Å². The zero-order valence-corrected chi connectivity index (χ0v) is 32.4. The summed E-state index contributed by atoms with van der Waals surface area (Å²) in [6.45, 7) is 4.54. The summed E-state index contributed by atoms with van der Waals surface area (Å²) in [6, 6.07) is 41.7. The van der Waals surface area contributed by atoms with Gasteiger partial charge in [0.05, 0.1) is 0 Å². The Morgan fingerprint density at radius 2 is 0.946 bits per heavy atom. The van der Waals surface area contributed by atoms with Crippen LogP contribution < -0.4 is 9.80 Å². The molecule has 11 rings (SSSR count). The molecule has 0 amide bonds. The molecule has 0 fully saturated rings. The number of fused-ring (bicyclic) bond motifs is 5. The number of anilines is 5. The quantitative estimate of drug-likeness (QED) is 0.167. The fraction of sp³-hybridized carbons (Fsp3) is 0.185. The summed E-state index contributed by atoms with van der Waals surface area (Å²) in [4.78, 5) is 5.09. The molecule has 6 aromatic carbocycles. The monoisotopic (exact) mass is 722 g/mol. The maximum absolute atomic E-state index is 2.59. The minimum absolute atomic E-state index is 0.953. The first-order valence-corrected chi connectivity index (χ1v) is 20.6. The summed E-state index contributed by atoms with van der Waals surface area (Å²) in [6.07, 6.45) is 22.6. The topological polar surface area (TPSA) is 6.48 Å². The smallest absolute Gasteiger partial charge is 0.0497 e. The van der Waals surface area contributed by atoms with Crippen molar-refractivity contribution in [2.45, 2.75) is 65.2 Å². The standard InChI is InChI=1S/C54H46N2/c1-35-19-23-37(24-20-35)53-45-29-27-44(56-51-17-9-5-13-41(51)32-42-14-6-10-18-52(42)56)34-48(45)54(38-25-21-36(2)22-26-38)46-30-28-43(33-47(46)53)55-49-15-7-3-11-39(49)31-40-12-4-8-16-50(40)55/h3-9,11-17,19,21,23,25,27-30,33-34H,10,18,20,22,24,26,31-32H2,1-2H3. The van der Waals surface area contributed by atoms with Crippen LogP contribution >= 0.6 is 0 Å². The summed E-state index contributed by atoms with van der Waals surface area (Å²) < 4.78 is 0. The molecule has 0 aromatic heterocycles. The molecule has 272 valence electrons. The van der Waals surface area contributed by atoms with E-state index >= 15 is 0 Å². The third kappa shape index (κ3) is 5.38. The van der Waals surface area contributed by atoms with Gasteiger partial charge >= 0.3 is 0 Å². The number of rotatable bonds is 4. The molecule has 0 bridgehead atoms.